The number of fused-ring (bicyclic) bond motifs is 2. The van der Waals surface area contributed by atoms with Gasteiger partial charge in [-0.15, -0.1) is 0 Å². The van der Waals surface area contributed by atoms with E-state index in [4.69, 9.17) is 0 Å². The van der Waals surface area contributed by atoms with E-state index in [1.807, 2.05) is 0 Å². The summed E-state index contributed by atoms with van der Waals surface area (Å²) in [6.07, 6.45) is 0. The van der Waals surface area contributed by atoms with Gasteiger partial charge in [0, 0.05) is 23.0 Å². The van der Waals surface area contributed by atoms with Gasteiger partial charge in [-0.25, -0.2) is 0 Å². The third-order valence-electron chi connectivity index (χ3n) is 11.4. The van der Waals surface area contributed by atoms with Crippen LogP contribution in [0.25, 0.3) is 54.9 Å². The van der Waals surface area contributed by atoms with Gasteiger partial charge in [-0.3, -0.25) is 0 Å². The predicted octanol–water partition coefficient (Wildman–Crippen LogP) is 15.6. The summed E-state index contributed by atoms with van der Waals surface area (Å²) in [4.78, 5) is 2.33. The molecule has 0 aliphatic rings. The van der Waals surface area contributed by atoms with E-state index in [1.54, 1.807) is 0 Å². The first-order valence-electron chi connectivity index (χ1n) is 20.0. The fourth-order valence-corrected chi connectivity index (χ4v) is 8.52. The van der Waals surface area contributed by atoms with Crippen molar-refractivity contribution >= 4 is 38.6 Å². The normalized spacial score (nSPS) is 11.7. The van der Waals surface area contributed by atoms with Crippen LogP contribution in [0.2, 0.25) is 0 Å². The summed E-state index contributed by atoms with van der Waals surface area (Å²) in [7, 11) is 0. The Hall–Kier alpha value is -7.48. The number of rotatable bonds is 9. The lowest BCUT2D eigenvalue weighted by Gasteiger charge is -2.26. The Balaban J connectivity index is 0.938. The minimum absolute atomic E-state index is 0.116. The molecule has 0 bridgehead atoms. The SMILES string of the molecule is c1ccc(C(c2ccc(-c3ccc(N(c4ccccc4)c4ccc(-c5cccc6ccccc56)cc4)cc3)cc2)c2ccc(-c3cccc4ccccc34)cc2)cc1. The molecule has 10 aromatic rings. The van der Waals surface area contributed by atoms with E-state index in [0.717, 1.165) is 17.1 Å². The van der Waals surface area contributed by atoms with E-state index in [1.165, 1.54) is 71.6 Å². The summed E-state index contributed by atoms with van der Waals surface area (Å²) in [5.74, 6) is 0.116. The van der Waals surface area contributed by atoms with Crippen molar-refractivity contribution in [2.45, 2.75) is 5.92 Å². The largest absolute Gasteiger partial charge is 0.311 e. The Morgan fingerprint density at radius 3 is 1.09 bits per heavy atom. The second-order valence-electron chi connectivity index (χ2n) is 14.9. The molecule has 58 heavy (non-hydrogen) atoms. The number of nitrogens with zero attached hydrogens (tertiary/aromatic N) is 1. The smallest absolute Gasteiger partial charge is 0.0462 e. The van der Waals surface area contributed by atoms with E-state index in [0.29, 0.717) is 0 Å². The molecule has 0 heterocycles. The second-order valence-corrected chi connectivity index (χ2v) is 14.9. The molecular formula is C57H41N. The van der Waals surface area contributed by atoms with Gasteiger partial charge in [0.15, 0.2) is 0 Å². The lowest BCUT2D eigenvalue weighted by molar-refractivity contribution is 0.978. The van der Waals surface area contributed by atoms with Crippen LogP contribution in [0.3, 0.4) is 0 Å². The van der Waals surface area contributed by atoms with Gasteiger partial charge in [0.05, 0.1) is 0 Å². The molecule has 0 aliphatic carbocycles. The van der Waals surface area contributed by atoms with E-state index in [2.05, 4.69) is 248 Å². The summed E-state index contributed by atoms with van der Waals surface area (Å²) in [5, 5.41) is 5.06. The average molecular weight is 740 g/mol. The van der Waals surface area contributed by atoms with Gasteiger partial charge >= 0.3 is 0 Å². The molecule has 0 aliphatic heterocycles. The van der Waals surface area contributed by atoms with Crippen LogP contribution in [0.4, 0.5) is 17.1 Å². The van der Waals surface area contributed by atoms with Gasteiger partial charge in [0.1, 0.15) is 0 Å². The highest BCUT2D eigenvalue weighted by Gasteiger charge is 2.18. The zero-order valence-electron chi connectivity index (χ0n) is 32.1. The predicted molar refractivity (Wildman–Crippen MR) is 246 cm³/mol. The van der Waals surface area contributed by atoms with Crippen LogP contribution in [-0.4, -0.2) is 0 Å². The van der Waals surface area contributed by atoms with Crippen molar-refractivity contribution in [1.82, 2.24) is 0 Å². The van der Waals surface area contributed by atoms with E-state index in [9.17, 15) is 0 Å². The number of benzene rings is 10. The molecule has 1 nitrogen and oxygen atoms in total. The Morgan fingerprint density at radius 2 is 0.586 bits per heavy atom. The summed E-state index contributed by atoms with van der Waals surface area (Å²) >= 11 is 0. The molecule has 0 saturated heterocycles. The monoisotopic (exact) mass is 739 g/mol. The van der Waals surface area contributed by atoms with Gasteiger partial charge in [0.25, 0.3) is 0 Å². The van der Waals surface area contributed by atoms with Crippen molar-refractivity contribution in [3.05, 3.63) is 259 Å². The highest BCUT2D eigenvalue weighted by Crippen LogP contribution is 2.39. The lowest BCUT2D eigenvalue weighted by atomic mass is 9.84. The minimum atomic E-state index is 0.116. The Morgan fingerprint density at radius 1 is 0.241 bits per heavy atom. The topological polar surface area (TPSA) is 3.24 Å². The number of anilines is 3. The highest BCUT2D eigenvalue weighted by molar-refractivity contribution is 5.98. The lowest BCUT2D eigenvalue weighted by Crippen LogP contribution is -2.09. The van der Waals surface area contributed by atoms with Gasteiger partial charge in [-0.05, 0) is 108 Å². The molecule has 0 N–H and O–H groups in total. The molecule has 274 valence electrons. The molecule has 1 unspecified atom stereocenters. The molecular weight excluding hydrogens is 699 g/mol. The number of hydrogen-bond donors (Lipinski definition) is 0. The number of para-hydroxylation sites is 1. The molecule has 0 amide bonds. The average Bonchev–Trinajstić information content (AvgIpc) is 3.30. The van der Waals surface area contributed by atoms with Gasteiger partial charge in [-0.1, -0.05) is 206 Å². The molecule has 0 spiro atoms. The molecule has 10 aromatic carbocycles. The standard InChI is InChI=1S/C57H41N/c1-3-15-47(16-4-1)57(49-31-27-45(28-32-49)55-23-11-17-43-13-7-9-21-53(43)55)48-29-25-41(26-30-48)42-33-37-51(38-34-42)58(50-19-5-2-6-20-50)52-39-35-46(36-40-52)56-24-12-18-44-14-8-10-22-54(44)56/h1-40,57H. The zero-order chi connectivity index (χ0) is 38.7. The van der Waals surface area contributed by atoms with Crippen LogP contribution >= 0.6 is 0 Å². The molecule has 1 heteroatoms. The second kappa shape index (κ2) is 15.6. The molecule has 0 fully saturated rings. The Kier molecular flexibility index (Phi) is 9.39. The summed E-state index contributed by atoms with van der Waals surface area (Å²) < 4.78 is 0. The highest BCUT2D eigenvalue weighted by atomic mass is 15.1. The Bertz CT molecular complexity index is 2730. The molecule has 0 aromatic heterocycles. The number of hydrogen-bond acceptors (Lipinski definition) is 1. The van der Waals surface area contributed by atoms with E-state index >= 15 is 0 Å². The van der Waals surface area contributed by atoms with Crippen molar-refractivity contribution in [1.29, 1.82) is 0 Å². The van der Waals surface area contributed by atoms with Crippen LogP contribution in [-0.2, 0) is 0 Å². The first-order chi connectivity index (χ1) is 28.8. The zero-order valence-corrected chi connectivity index (χ0v) is 32.1. The van der Waals surface area contributed by atoms with Crippen LogP contribution in [0, 0.1) is 0 Å². The molecule has 0 saturated carbocycles. The maximum absolute atomic E-state index is 2.33. The van der Waals surface area contributed by atoms with Crippen LogP contribution in [0.5, 0.6) is 0 Å². The molecule has 10 rings (SSSR count). The molecule has 1 atom stereocenters. The van der Waals surface area contributed by atoms with Crippen molar-refractivity contribution in [2.24, 2.45) is 0 Å². The van der Waals surface area contributed by atoms with E-state index in [-0.39, 0.29) is 5.92 Å². The maximum Gasteiger partial charge on any atom is 0.0462 e. The van der Waals surface area contributed by atoms with Crippen molar-refractivity contribution in [3.8, 4) is 33.4 Å². The maximum atomic E-state index is 2.33. The fourth-order valence-electron chi connectivity index (χ4n) is 8.52. The summed E-state index contributed by atoms with van der Waals surface area (Å²) in [6, 6.07) is 88.0. The van der Waals surface area contributed by atoms with Crippen LogP contribution < -0.4 is 4.90 Å². The van der Waals surface area contributed by atoms with Crippen LogP contribution in [0.1, 0.15) is 22.6 Å². The quantitative estimate of drug-likeness (QED) is 0.133. The summed E-state index contributed by atoms with van der Waals surface area (Å²) in [6.45, 7) is 0. The van der Waals surface area contributed by atoms with Crippen molar-refractivity contribution in [3.63, 3.8) is 0 Å². The Labute approximate surface area is 340 Å². The van der Waals surface area contributed by atoms with Gasteiger partial charge in [0.2, 0.25) is 0 Å². The first kappa shape index (κ1) is 35.0. The van der Waals surface area contributed by atoms with Gasteiger partial charge in [-0.2, -0.15) is 0 Å². The first-order valence-corrected chi connectivity index (χ1v) is 20.0. The third kappa shape index (κ3) is 6.84. The fraction of sp³-hybridized carbons (Fsp3) is 0.0175. The van der Waals surface area contributed by atoms with Gasteiger partial charge < -0.3 is 4.90 Å². The van der Waals surface area contributed by atoms with Crippen LogP contribution in [0.15, 0.2) is 243 Å². The molecule has 0 radical (unpaired) electrons. The summed E-state index contributed by atoms with van der Waals surface area (Å²) in [5.41, 5.74) is 14.5. The third-order valence-corrected chi connectivity index (χ3v) is 11.4. The van der Waals surface area contributed by atoms with Crippen molar-refractivity contribution in [2.75, 3.05) is 4.90 Å². The van der Waals surface area contributed by atoms with Crippen molar-refractivity contribution < 1.29 is 0 Å². The van der Waals surface area contributed by atoms with E-state index < -0.39 is 0 Å². The minimum Gasteiger partial charge on any atom is -0.311 e.